The standard InChI is InChI=1S/C10H20N2O4S/c1-7(9(13)14)6-12-10(15)11-5-4-8(2)17(3)16/h7-8H,4-6H2,1-3H3,(H,13,14)(H2,11,12,15). The summed E-state index contributed by atoms with van der Waals surface area (Å²) >= 11 is 0. The Hall–Kier alpha value is -1.11. The van der Waals surface area contributed by atoms with Gasteiger partial charge in [0.25, 0.3) is 0 Å². The fourth-order valence-corrected chi connectivity index (χ4v) is 1.40. The number of nitrogens with one attached hydrogen (secondary N) is 2. The first-order valence-electron chi connectivity index (χ1n) is 5.41. The van der Waals surface area contributed by atoms with Crippen LogP contribution >= 0.6 is 0 Å². The maximum atomic E-state index is 11.2. The third-order valence-corrected chi connectivity index (χ3v) is 3.76. The lowest BCUT2D eigenvalue weighted by atomic mass is 10.2. The van der Waals surface area contributed by atoms with E-state index in [1.165, 1.54) is 6.92 Å². The molecule has 7 heteroatoms. The quantitative estimate of drug-likeness (QED) is 0.610. The number of rotatable bonds is 7. The molecule has 0 aliphatic rings. The van der Waals surface area contributed by atoms with Crippen molar-refractivity contribution in [2.24, 2.45) is 5.92 Å². The molecule has 6 nitrogen and oxygen atoms in total. The molecule has 3 N–H and O–H groups in total. The zero-order valence-electron chi connectivity index (χ0n) is 10.4. The van der Waals surface area contributed by atoms with E-state index >= 15 is 0 Å². The second kappa shape index (κ2) is 8.05. The largest absolute Gasteiger partial charge is 0.481 e. The molecular weight excluding hydrogens is 244 g/mol. The fourth-order valence-electron chi connectivity index (χ4n) is 0.951. The summed E-state index contributed by atoms with van der Waals surface area (Å²) in [4.78, 5) is 21.7. The average molecular weight is 264 g/mol. The van der Waals surface area contributed by atoms with Gasteiger partial charge in [0.2, 0.25) is 0 Å². The van der Waals surface area contributed by atoms with E-state index in [-0.39, 0.29) is 11.8 Å². The van der Waals surface area contributed by atoms with Crippen LogP contribution in [0.1, 0.15) is 20.3 Å². The zero-order valence-corrected chi connectivity index (χ0v) is 11.2. The molecule has 0 aromatic carbocycles. The van der Waals surface area contributed by atoms with Gasteiger partial charge in [0.05, 0.1) is 5.92 Å². The SMILES string of the molecule is CC(CNC(=O)NCCC(C)S(C)=O)C(=O)O. The summed E-state index contributed by atoms with van der Waals surface area (Å²) in [6, 6.07) is -0.396. The summed E-state index contributed by atoms with van der Waals surface area (Å²) in [5, 5.41) is 13.7. The maximum absolute atomic E-state index is 11.2. The van der Waals surface area contributed by atoms with Gasteiger partial charge in [-0.1, -0.05) is 13.8 Å². The van der Waals surface area contributed by atoms with Crippen LogP contribution in [0.3, 0.4) is 0 Å². The number of carboxylic acid groups (broad SMARTS) is 1. The number of carbonyl (C=O) groups is 2. The molecule has 0 radical (unpaired) electrons. The van der Waals surface area contributed by atoms with Crippen molar-refractivity contribution in [2.45, 2.75) is 25.5 Å². The first-order chi connectivity index (χ1) is 7.84. The van der Waals surface area contributed by atoms with Crippen LogP contribution in [0.4, 0.5) is 4.79 Å². The molecular formula is C10H20N2O4S. The monoisotopic (exact) mass is 264 g/mol. The molecule has 0 aromatic heterocycles. The lowest BCUT2D eigenvalue weighted by Crippen LogP contribution is -2.40. The highest BCUT2D eigenvalue weighted by Crippen LogP contribution is 1.97. The van der Waals surface area contributed by atoms with Crippen LogP contribution in [0.15, 0.2) is 0 Å². The van der Waals surface area contributed by atoms with Crippen molar-refractivity contribution in [3.05, 3.63) is 0 Å². The van der Waals surface area contributed by atoms with Crippen LogP contribution in [-0.4, -0.2) is 45.9 Å². The topological polar surface area (TPSA) is 95.5 Å². The van der Waals surface area contributed by atoms with Crippen molar-refractivity contribution in [1.29, 1.82) is 0 Å². The molecule has 17 heavy (non-hydrogen) atoms. The predicted molar refractivity (Wildman–Crippen MR) is 66.3 cm³/mol. The Balaban J connectivity index is 3.67. The maximum Gasteiger partial charge on any atom is 0.314 e. The number of carboxylic acids is 1. The predicted octanol–water partition coefficient (Wildman–Crippen LogP) is 0.163. The van der Waals surface area contributed by atoms with Crippen LogP contribution < -0.4 is 10.6 Å². The summed E-state index contributed by atoms with van der Waals surface area (Å²) in [5.74, 6) is -1.55. The van der Waals surface area contributed by atoms with E-state index in [0.717, 1.165) is 0 Å². The summed E-state index contributed by atoms with van der Waals surface area (Å²) < 4.78 is 11.0. The van der Waals surface area contributed by atoms with Gasteiger partial charge in [0.15, 0.2) is 0 Å². The van der Waals surface area contributed by atoms with Gasteiger partial charge >= 0.3 is 12.0 Å². The molecule has 0 saturated carbocycles. The Morgan fingerprint density at radius 3 is 2.35 bits per heavy atom. The Morgan fingerprint density at radius 1 is 1.29 bits per heavy atom. The van der Waals surface area contributed by atoms with Gasteiger partial charge in [-0.05, 0) is 6.42 Å². The van der Waals surface area contributed by atoms with Gasteiger partial charge in [-0.2, -0.15) is 0 Å². The smallest absolute Gasteiger partial charge is 0.314 e. The first-order valence-corrected chi connectivity index (χ1v) is 7.03. The van der Waals surface area contributed by atoms with E-state index in [2.05, 4.69) is 10.6 Å². The van der Waals surface area contributed by atoms with Crippen LogP contribution in [0.5, 0.6) is 0 Å². The van der Waals surface area contributed by atoms with Crippen LogP contribution in [-0.2, 0) is 15.6 Å². The van der Waals surface area contributed by atoms with E-state index in [1.54, 1.807) is 6.26 Å². The first kappa shape index (κ1) is 15.9. The van der Waals surface area contributed by atoms with Gasteiger partial charge in [-0.25, -0.2) is 4.79 Å². The molecule has 2 amide bonds. The number of hydrogen-bond donors (Lipinski definition) is 3. The molecule has 3 unspecified atom stereocenters. The Labute approximate surface area is 104 Å². The average Bonchev–Trinajstić information content (AvgIpc) is 2.25. The Morgan fingerprint density at radius 2 is 1.88 bits per heavy atom. The van der Waals surface area contributed by atoms with E-state index < -0.39 is 28.7 Å². The number of hydrogen-bond acceptors (Lipinski definition) is 3. The molecule has 100 valence electrons. The van der Waals surface area contributed by atoms with E-state index in [4.69, 9.17) is 5.11 Å². The number of carbonyl (C=O) groups excluding carboxylic acids is 1. The number of aliphatic carboxylic acids is 1. The van der Waals surface area contributed by atoms with Crippen LogP contribution in [0, 0.1) is 5.92 Å². The second-order valence-corrected chi connectivity index (χ2v) is 5.78. The summed E-state index contributed by atoms with van der Waals surface area (Å²) in [7, 11) is -0.892. The minimum atomic E-state index is -0.944. The van der Waals surface area contributed by atoms with Crippen molar-refractivity contribution in [3.8, 4) is 0 Å². The second-order valence-electron chi connectivity index (χ2n) is 3.97. The molecule has 3 atom stereocenters. The molecule has 0 bridgehead atoms. The van der Waals surface area contributed by atoms with Crippen LogP contribution in [0.25, 0.3) is 0 Å². The highest BCUT2D eigenvalue weighted by Gasteiger charge is 2.12. The van der Waals surface area contributed by atoms with Gasteiger partial charge in [0, 0.05) is 35.4 Å². The molecule has 0 saturated heterocycles. The summed E-state index contributed by atoms with van der Waals surface area (Å²) in [6.45, 7) is 3.89. The van der Waals surface area contributed by atoms with E-state index in [1.807, 2.05) is 6.92 Å². The minimum absolute atomic E-state index is 0.0354. The van der Waals surface area contributed by atoms with Crippen molar-refractivity contribution < 1.29 is 18.9 Å². The fraction of sp³-hybridized carbons (Fsp3) is 0.800. The molecule has 0 heterocycles. The Bertz CT molecular complexity index is 296. The summed E-state index contributed by atoms with van der Waals surface area (Å²) in [6.07, 6.45) is 2.25. The molecule has 0 rings (SSSR count). The van der Waals surface area contributed by atoms with Crippen molar-refractivity contribution in [3.63, 3.8) is 0 Å². The lowest BCUT2D eigenvalue weighted by molar-refractivity contribution is -0.140. The number of amides is 2. The summed E-state index contributed by atoms with van der Waals surface area (Å²) in [5.41, 5.74) is 0. The third kappa shape index (κ3) is 7.73. The van der Waals surface area contributed by atoms with Crippen molar-refractivity contribution in [2.75, 3.05) is 19.3 Å². The molecule has 0 fully saturated rings. The molecule has 0 spiro atoms. The highest BCUT2D eigenvalue weighted by molar-refractivity contribution is 7.84. The molecule has 0 aliphatic heterocycles. The van der Waals surface area contributed by atoms with Gasteiger partial charge in [-0.15, -0.1) is 0 Å². The van der Waals surface area contributed by atoms with Crippen molar-refractivity contribution >= 4 is 22.8 Å². The Kier molecular flexibility index (Phi) is 7.53. The van der Waals surface area contributed by atoms with Gasteiger partial charge in [0.1, 0.15) is 0 Å². The van der Waals surface area contributed by atoms with Crippen molar-refractivity contribution in [1.82, 2.24) is 10.6 Å². The van der Waals surface area contributed by atoms with Gasteiger partial charge in [-0.3, -0.25) is 9.00 Å². The van der Waals surface area contributed by atoms with Gasteiger partial charge < -0.3 is 15.7 Å². The highest BCUT2D eigenvalue weighted by atomic mass is 32.2. The lowest BCUT2D eigenvalue weighted by Gasteiger charge is -2.11. The normalized spacial score (nSPS) is 15.7. The van der Waals surface area contributed by atoms with Crippen LogP contribution in [0.2, 0.25) is 0 Å². The third-order valence-electron chi connectivity index (χ3n) is 2.39. The molecule has 0 aliphatic carbocycles. The molecule has 0 aromatic rings. The number of urea groups is 1. The minimum Gasteiger partial charge on any atom is -0.481 e. The van der Waals surface area contributed by atoms with E-state index in [9.17, 15) is 13.8 Å². The zero-order chi connectivity index (χ0) is 13.4. The van der Waals surface area contributed by atoms with E-state index in [0.29, 0.717) is 13.0 Å².